The third-order valence-electron chi connectivity index (χ3n) is 7.66. The van der Waals surface area contributed by atoms with Crippen molar-refractivity contribution in [3.63, 3.8) is 0 Å². The summed E-state index contributed by atoms with van der Waals surface area (Å²) in [7, 11) is -4.37. The predicted octanol–water partition coefficient (Wildman–Crippen LogP) is 4.92. The molecule has 1 N–H and O–H groups in total. The summed E-state index contributed by atoms with van der Waals surface area (Å²) < 4.78 is 54.0. The molecular weight excluding hydrogens is 597 g/mol. The van der Waals surface area contributed by atoms with Crippen molar-refractivity contribution in [1.29, 1.82) is 0 Å². The summed E-state index contributed by atoms with van der Waals surface area (Å²) in [5.41, 5.74) is 0.673. The molecule has 43 heavy (non-hydrogen) atoms. The Morgan fingerprint density at radius 2 is 1.67 bits per heavy atom. The van der Waals surface area contributed by atoms with Crippen LogP contribution in [0.15, 0.2) is 71.6 Å². The Morgan fingerprint density at radius 1 is 1.00 bits per heavy atom. The highest BCUT2D eigenvalue weighted by Gasteiger charge is 2.34. The molecule has 1 aliphatic heterocycles. The van der Waals surface area contributed by atoms with E-state index in [1.807, 2.05) is 0 Å². The fraction of sp³-hybridized carbons (Fsp3) is 0.355. The molecule has 5 rings (SSSR count). The van der Waals surface area contributed by atoms with Crippen molar-refractivity contribution >= 4 is 39.1 Å². The lowest BCUT2D eigenvalue weighted by Crippen LogP contribution is -2.52. The molecule has 1 atom stereocenters. The molecule has 3 aromatic carbocycles. The monoisotopic (exact) mass is 629 g/mol. The van der Waals surface area contributed by atoms with E-state index in [1.54, 1.807) is 31.2 Å². The van der Waals surface area contributed by atoms with Crippen LogP contribution >= 0.6 is 11.6 Å². The molecule has 12 heteroatoms. The van der Waals surface area contributed by atoms with Gasteiger partial charge in [0, 0.05) is 23.7 Å². The molecule has 1 heterocycles. The summed E-state index contributed by atoms with van der Waals surface area (Å²) in [6, 6.07) is 15.0. The van der Waals surface area contributed by atoms with Gasteiger partial charge in [-0.25, -0.2) is 12.8 Å². The predicted molar refractivity (Wildman–Crippen MR) is 160 cm³/mol. The van der Waals surface area contributed by atoms with Crippen LogP contribution in [0.5, 0.6) is 11.5 Å². The normalized spacial score (nSPS) is 15.5. The minimum absolute atomic E-state index is 0.0264. The van der Waals surface area contributed by atoms with Crippen molar-refractivity contribution in [1.82, 2.24) is 10.2 Å². The molecule has 0 saturated heterocycles. The standard InChI is InChI=1S/C31H33ClFN3O6S/c1-21(31(38)34-24-7-3-4-8-24)35(19-22-6-2-5-9-27(22)32)30(37)20-36(25-12-10-23(33)11-13-25)43(39,40)26-14-15-28-29(18-26)42-17-16-41-28/h2,5-6,9-15,18,21,24H,3-4,7-8,16-17,19-20H2,1H3,(H,34,38)/t21-/m1/s1. The van der Waals surface area contributed by atoms with Crippen molar-refractivity contribution in [2.24, 2.45) is 0 Å². The third-order valence-corrected chi connectivity index (χ3v) is 9.80. The number of nitrogens with one attached hydrogen (secondary N) is 1. The van der Waals surface area contributed by atoms with Crippen LogP contribution in [-0.2, 0) is 26.2 Å². The number of nitrogens with zero attached hydrogens (tertiary/aromatic N) is 2. The van der Waals surface area contributed by atoms with Gasteiger partial charge in [-0.1, -0.05) is 42.6 Å². The van der Waals surface area contributed by atoms with Gasteiger partial charge in [-0.15, -0.1) is 0 Å². The highest BCUT2D eigenvalue weighted by molar-refractivity contribution is 7.92. The van der Waals surface area contributed by atoms with Gasteiger partial charge in [0.2, 0.25) is 11.8 Å². The first kappa shape index (κ1) is 30.6. The van der Waals surface area contributed by atoms with E-state index in [4.69, 9.17) is 21.1 Å². The zero-order chi connectivity index (χ0) is 30.6. The summed E-state index contributed by atoms with van der Waals surface area (Å²) in [5, 5.41) is 3.43. The molecule has 1 saturated carbocycles. The maximum Gasteiger partial charge on any atom is 0.264 e. The van der Waals surface area contributed by atoms with Gasteiger partial charge in [0.05, 0.1) is 10.6 Å². The molecule has 0 spiro atoms. The average Bonchev–Trinajstić information content (AvgIpc) is 3.52. The number of hydrogen-bond donors (Lipinski definition) is 1. The second kappa shape index (κ2) is 13.2. The number of rotatable bonds is 10. The van der Waals surface area contributed by atoms with Crippen molar-refractivity contribution in [2.45, 2.75) is 56.1 Å². The second-order valence-electron chi connectivity index (χ2n) is 10.6. The molecule has 1 aliphatic carbocycles. The fourth-order valence-corrected chi connectivity index (χ4v) is 6.86. The molecule has 1 fully saturated rings. The molecule has 2 amide bonds. The van der Waals surface area contributed by atoms with Crippen molar-refractivity contribution in [2.75, 3.05) is 24.1 Å². The Bertz CT molecular complexity index is 1580. The second-order valence-corrected chi connectivity index (χ2v) is 12.8. The zero-order valence-electron chi connectivity index (χ0n) is 23.7. The third kappa shape index (κ3) is 7.05. The molecule has 9 nitrogen and oxygen atoms in total. The van der Waals surface area contributed by atoms with E-state index < -0.39 is 34.3 Å². The summed E-state index contributed by atoms with van der Waals surface area (Å²) in [6.07, 6.45) is 3.77. The summed E-state index contributed by atoms with van der Waals surface area (Å²) >= 11 is 6.42. The lowest BCUT2D eigenvalue weighted by molar-refractivity contribution is -0.139. The quantitative estimate of drug-likeness (QED) is 0.341. The molecule has 228 valence electrons. The number of halogens is 2. The van der Waals surface area contributed by atoms with Crippen molar-refractivity contribution in [3.05, 3.63) is 83.1 Å². The van der Waals surface area contributed by atoms with E-state index in [0.29, 0.717) is 22.9 Å². The first-order valence-corrected chi connectivity index (χ1v) is 16.0. The minimum atomic E-state index is -4.37. The average molecular weight is 630 g/mol. The number of carbonyl (C=O) groups is 2. The molecular formula is C31H33ClFN3O6S. The van der Waals surface area contributed by atoms with Gasteiger partial charge in [-0.3, -0.25) is 13.9 Å². The molecule has 0 bridgehead atoms. The van der Waals surface area contributed by atoms with Gasteiger partial charge < -0.3 is 19.7 Å². The van der Waals surface area contributed by atoms with Gasteiger partial charge in [0.15, 0.2) is 11.5 Å². The number of anilines is 1. The Kier molecular flexibility index (Phi) is 9.41. The van der Waals surface area contributed by atoms with E-state index in [9.17, 15) is 22.4 Å². The lowest BCUT2D eigenvalue weighted by atomic mass is 10.1. The highest BCUT2D eigenvalue weighted by atomic mass is 35.5. The highest BCUT2D eigenvalue weighted by Crippen LogP contribution is 2.34. The molecule has 2 aliphatic rings. The summed E-state index contributed by atoms with van der Waals surface area (Å²) in [4.78, 5) is 28.6. The first-order chi connectivity index (χ1) is 20.6. The van der Waals surface area contributed by atoms with E-state index in [2.05, 4.69) is 5.32 Å². The largest absolute Gasteiger partial charge is 0.486 e. The number of sulfonamides is 1. The van der Waals surface area contributed by atoms with Crippen LogP contribution < -0.4 is 19.1 Å². The van der Waals surface area contributed by atoms with Gasteiger partial charge in [-0.05, 0) is 67.8 Å². The van der Waals surface area contributed by atoms with E-state index in [0.717, 1.165) is 42.1 Å². The Morgan fingerprint density at radius 3 is 2.37 bits per heavy atom. The topological polar surface area (TPSA) is 105 Å². The maximum atomic E-state index is 14.1. The number of amides is 2. The number of fused-ring (bicyclic) bond motifs is 1. The van der Waals surface area contributed by atoms with Crippen LogP contribution in [-0.4, -0.2) is 57.0 Å². The number of carbonyl (C=O) groups excluding carboxylic acids is 2. The first-order valence-electron chi connectivity index (χ1n) is 14.1. The van der Waals surface area contributed by atoms with Gasteiger partial charge in [0.1, 0.15) is 31.6 Å². The zero-order valence-corrected chi connectivity index (χ0v) is 25.2. The van der Waals surface area contributed by atoms with Gasteiger partial charge >= 0.3 is 0 Å². The van der Waals surface area contributed by atoms with Crippen LogP contribution in [0.1, 0.15) is 38.2 Å². The Balaban J connectivity index is 1.49. The molecule has 3 aromatic rings. The lowest BCUT2D eigenvalue weighted by Gasteiger charge is -2.32. The van der Waals surface area contributed by atoms with Gasteiger partial charge in [-0.2, -0.15) is 0 Å². The Hall–Kier alpha value is -3.83. The van der Waals surface area contributed by atoms with E-state index >= 15 is 0 Å². The SMILES string of the molecule is C[C@H](C(=O)NC1CCCC1)N(Cc1ccccc1Cl)C(=O)CN(c1ccc(F)cc1)S(=O)(=O)c1ccc2c(c1)OCCO2. The van der Waals surface area contributed by atoms with Crippen molar-refractivity contribution in [3.8, 4) is 11.5 Å². The summed E-state index contributed by atoms with van der Waals surface area (Å²) in [6.45, 7) is 1.52. The van der Waals surface area contributed by atoms with Gasteiger partial charge in [0.25, 0.3) is 10.0 Å². The van der Waals surface area contributed by atoms with Crippen LogP contribution in [0.2, 0.25) is 5.02 Å². The van der Waals surface area contributed by atoms with Crippen LogP contribution in [0, 0.1) is 5.82 Å². The molecule has 0 radical (unpaired) electrons. The van der Waals surface area contributed by atoms with Crippen LogP contribution in [0.3, 0.4) is 0 Å². The van der Waals surface area contributed by atoms with Crippen LogP contribution in [0.25, 0.3) is 0 Å². The number of benzene rings is 3. The summed E-state index contributed by atoms with van der Waals surface area (Å²) in [5.74, 6) is -0.878. The Labute approximate surface area is 255 Å². The van der Waals surface area contributed by atoms with E-state index in [-0.39, 0.29) is 41.4 Å². The van der Waals surface area contributed by atoms with Crippen molar-refractivity contribution < 1.29 is 31.9 Å². The maximum absolute atomic E-state index is 14.1. The fourth-order valence-electron chi connectivity index (χ4n) is 5.23. The van der Waals surface area contributed by atoms with E-state index in [1.165, 1.54) is 35.2 Å². The minimum Gasteiger partial charge on any atom is -0.486 e. The number of hydrogen-bond acceptors (Lipinski definition) is 6. The molecule has 0 unspecified atom stereocenters. The molecule has 0 aromatic heterocycles. The van der Waals surface area contributed by atoms with Crippen LogP contribution in [0.4, 0.5) is 10.1 Å². The number of ether oxygens (including phenoxy) is 2. The smallest absolute Gasteiger partial charge is 0.264 e.